The summed E-state index contributed by atoms with van der Waals surface area (Å²) < 4.78 is 20.4. The summed E-state index contributed by atoms with van der Waals surface area (Å²) in [4.78, 5) is 23.4. The zero-order chi connectivity index (χ0) is 17.8. The highest BCUT2D eigenvalue weighted by atomic mass is 19.1. The Labute approximate surface area is 144 Å². The predicted octanol–water partition coefficient (Wildman–Crippen LogP) is 3.63. The highest BCUT2D eigenvalue weighted by Gasteiger charge is 2.12. The van der Waals surface area contributed by atoms with Gasteiger partial charge in [-0.3, -0.25) is 9.59 Å². The number of anilines is 1. The molecule has 0 aliphatic rings. The van der Waals surface area contributed by atoms with Gasteiger partial charge < -0.3 is 14.6 Å². The highest BCUT2D eigenvalue weighted by molar-refractivity contribution is 5.99. The molecular formula is C19H17FN2O3. The molecule has 3 aromatic rings. The van der Waals surface area contributed by atoms with Crippen molar-refractivity contribution >= 4 is 28.8 Å². The Balaban J connectivity index is 1.76. The number of benzene rings is 2. The third-order valence-corrected chi connectivity index (χ3v) is 3.76. The van der Waals surface area contributed by atoms with Gasteiger partial charge in [0.15, 0.2) is 6.29 Å². The van der Waals surface area contributed by atoms with E-state index >= 15 is 0 Å². The Hall–Kier alpha value is -3.15. The number of carbonyl (C=O) groups excluding carboxylic acids is 2. The van der Waals surface area contributed by atoms with Gasteiger partial charge in [0.2, 0.25) is 5.91 Å². The van der Waals surface area contributed by atoms with Crippen molar-refractivity contribution in [2.45, 2.75) is 13.5 Å². The molecular weight excluding hydrogens is 323 g/mol. The maximum absolute atomic E-state index is 13.4. The van der Waals surface area contributed by atoms with Crippen LogP contribution in [-0.4, -0.2) is 23.4 Å². The highest BCUT2D eigenvalue weighted by Crippen LogP contribution is 2.22. The van der Waals surface area contributed by atoms with Crippen LogP contribution in [0.5, 0.6) is 5.75 Å². The summed E-state index contributed by atoms with van der Waals surface area (Å²) in [5, 5.41) is 3.28. The molecule has 1 aromatic heterocycles. The van der Waals surface area contributed by atoms with E-state index in [4.69, 9.17) is 4.74 Å². The number of halogens is 1. The van der Waals surface area contributed by atoms with E-state index in [9.17, 15) is 14.0 Å². The summed E-state index contributed by atoms with van der Waals surface area (Å²) in [7, 11) is 0. The third-order valence-electron chi connectivity index (χ3n) is 3.76. The van der Waals surface area contributed by atoms with E-state index in [2.05, 4.69) is 5.32 Å². The van der Waals surface area contributed by atoms with Gasteiger partial charge in [0.25, 0.3) is 0 Å². The monoisotopic (exact) mass is 340 g/mol. The van der Waals surface area contributed by atoms with Crippen molar-refractivity contribution in [2.75, 3.05) is 11.9 Å². The van der Waals surface area contributed by atoms with Crippen LogP contribution in [0, 0.1) is 5.82 Å². The minimum atomic E-state index is -0.424. The maximum atomic E-state index is 13.4. The lowest BCUT2D eigenvalue weighted by Crippen LogP contribution is -2.18. The lowest BCUT2D eigenvalue weighted by molar-refractivity contribution is -0.116. The van der Waals surface area contributed by atoms with E-state index in [0.29, 0.717) is 35.0 Å². The summed E-state index contributed by atoms with van der Waals surface area (Å²) >= 11 is 0. The first kappa shape index (κ1) is 16.7. The number of hydrogen-bond donors (Lipinski definition) is 1. The zero-order valence-electron chi connectivity index (χ0n) is 13.7. The summed E-state index contributed by atoms with van der Waals surface area (Å²) in [5.41, 5.74) is 1.63. The molecule has 0 spiro atoms. The lowest BCUT2D eigenvalue weighted by atomic mass is 10.2. The molecule has 128 valence electrons. The van der Waals surface area contributed by atoms with Gasteiger partial charge in [-0.1, -0.05) is 0 Å². The smallest absolute Gasteiger partial charge is 0.244 e. The maximum Gasteiger partial charge on any atom is 0.244 e. The molecule has 2 aromatic carbocycles. The number of nitrogens with zero attached hydrogens (tertiary/aromatic N) is 1. The Morgan fingerprint density at radius 3 is 2.68 bits per heavy atom. The average molecular weight is 340 g/mol. The zero-order valence-corrected chi connectivity index (χ0v) is 13.7. The lowest BCUT2D eigenvalue weighted by Gasteiger charge is -2.08. The number of fused-ring (bicyclic) bond motifs is 1. The molecule has 0 aliphatic carbocycles. The minimum absolute atomic E-state index is 0.0170. The number of nitrogens with one attached hydrogen (secondary N) is 1. The summed E-state index contributed by atoms with van der Waals surface area (Å²) in [6, 6.07) is 11.2. The van der Waals surface area contributed by atoms with Crippen LogP contribution in [0.15, 0.2) is 48.7 Å². The second-order valence-electron chi connectivity index (χ2n) is 5.50. The molecule has 5 nitrogen and oxygen atoms in total. The van der Waals surface area contributed by atoms with Crippen molar-refractivity contribution in [3.05, 3.63) is 60.0 Å². The topological polar surface area (TPSA) is 60.3 Å². The van der Waals surface area contributed by atoms with E-state index in [1.807, 2.05) is 6.92 Å². The molecule has 1 heterocycles. The fraction of sp³-hybridized carbons (Fsp3) is 0.158. The molecule has 0 radical (unpaired) electrons. The largest absolute Gasteiger partial charge is 0.494 e. The van der Waals surface area contributed by atoms with Gasteiger partial charge in [-0.05, 0) is 49.4 Å². The van der Waals surface area contributed by atoms with Gasteiger partial charge in [-0.2, -0.15) is 0 Å². The molecule has 0 atom stereocenters. The SMILES string of the molecule is CCOc1ccc(NC(=O)Cn2cc(C=O)c3cc(F)ccc32)cc1. The van der Waals surface area contributed by atoms with Crippen LogP contribution in [0.3, 0.4) is 0 Å². The van der Waals surface area contributed by atoms with Crippen molar-refractivity contribution in [1.29, 1.82) is 0 Å². The number of rotatable bonds is 6. The molecule has 0 saturated carbocycles. The molecule has 0 fully saturated rings. The normalized spacial score (nSPS) is 10.6. The molecule has 3 rings (SSSR count). The van der Waals surface area contributed by atoms with E-state index in [1.165, 1.54) is 12.1 Å². The van der Waals surface area contributed by atoms with Crippen LogP contribution in [0.4, 0.5) is 10.1 Å². The number of aromatic nitrogens is 1. The van der Waals surface area contributed by atoms with Crippen molar-refractivity contribution < 1.29 is 18.7 Å². The number of hydrogen-bond acceptors (Lipinski definition) is 3. The number of amides is 1. The van der Waals surface area contributed by atoms with Gasteiger partial charge in [-0.15, -0.1) is 0 Å². The molecule has 6 heteroatoms. The van der Waals surface area contributed by atoms with Crippen molar-refractivity contribution in [3.8, 4) is 5.75 Å². The quantitative estimate of drug-likeness (QED) is 0.697. The van der Waals surface area contributed by atoms with Gasteiger partial charge in [0, 0.05) is 28.4 Å². The first-order valence-corrected chi connectivity index (χ1v) is 7.87. The van der Waals surface area contributed by atoms with Crippen molar-refractivity contribution in [2.24, 2.45) is 0 Å². The van der Waals surface area contributed by atoms with E-state index in [-0.39, 0.29) is 12.5 Å². The molecule has 1 amide bonds. The van der Waals surface area contributed by atoms with Crippen LogP contribution < -0.4 is 10.1 Å². The molecule has 1 N–H and O–H groups in total. The fourth-order valence-corrected chi connectivity index (χ4v) is 2.68. The Kier molecular flexibility index (Phi) is 4.79. The van der Waals surface area contributed by atoms with Gasteiger partial charge in [0.1, 0.15) is 18.1 Å². The van der Waals surface area contributed by atoms with Crippen LogP contribution in [0.1, 0.15) is 17.3 Å². The predicted molar refractivity (Wildman–Crippen MR) is 93.5 cm³/mol. The van der Waals surface area contributed by atoms with Crippen LogP contribution in [0.25, 0.3) is 10.9 Å². The molecule has 0 aliphatic heterocycles. The van der Waals surface area contributed by atoms with Crippen LogP contribution in [0.2, 0.25) is 0 Å². The second kappa shape index (κ2) is 7.17. The fourth-order valence-electron chi connectivity index (χ4n) is 2.68. The first-order valence-electron chi connectivity index (χ1n) is 7.87. The van der Waals surface area contributed by atoms with Gasteiger partial charge in [0.05, 0.1) is 6.61 Å². The Bertz CT molecular complexity index is 916. The molecule has 25 heavy (non-hydrogen) atoms. The van der Waals surface area contributed by atoms with E-state index in [0.717, 1.165) is 5.75 Å². The summed E-state index contributed by atoms with van der Waals surface area (Å²) in [5.74, 6) is 0.0598. The summed E-state index contributed by atoms with van der Waals surface area (Å²) in [6.07, 6.45) is 2.21. The van der Waals surface area contributed by atoms with Gasteiger partial charge in [-0.25, -0.2) is 4.39 Å². The van der Waals surface area contributed by atoms with Crippen LogP contribution >= 0.6 is 0 Å². The Morgan fingerprint density at radius 2 is 2.00 bits per heavy atom. The molecule has 0 unspecified atom stereocenters. The summed E-state index contributed by atoms with van der Waals surface area (Å²) in [6.45, 7) is 2.49. The number of aldehydes is 1. The van der Waals surface area contributed by atoms with Crippen molar-refractivity contribution in [3.63, 3.8) is 0 Å². The van der Waals surface area contributed by atoms with Gasteiger partial charge >= 0.3 is 0 Å². The number of ether oxygens (including phenoxy) is 1. The second-order valence-corrected chi connectivity index (χ2v) is 5.50. The van der Waals surface area contributed by atoms with Crippen molar-refractivity contribution in [1.82, 2.24) is 4.57 Å². The molecule has 0 bridgehead atoms. The third kappa shape index (κ3) is 3.68. The van der Waals surface area contributed by atoms with E-state index in [1.54, 1.807) is 41.1 Å². The average Bonchev–Trinajstić information content (AvgIpc) is 2.93. The molecule has 0 saturated heterocycles. The standard InChI is InChI=1S/C19H17FN2O3/c1-2-25-16-6-4-15(5-7-16)21-19(24)11-22-10-13(12-23)17-9-14(20)3-8-18(17)22/h3-10,12H,2,11H2,1H3,(H,21,24). The first-order chi connectivity index (χ1) is 12.1. The van der Waals surface area contributed by atoms with E-state index < -0.39 is 5.82 Å². The minimum Gasteiger partial charge on any atom is -0.494 e. The number of carbonyl (C=O) groups is 2. The van der Waals surface area contributed by atoms with Crippen LogP contribution in [-0.2, 0) is 11.3 Å². The Morgan fingerprint density at radius 1 is 1.24 bits per heavy atom.